The largest absolute Gasteiger partial charge is 0.344 e. The van der Waals surface area contributed by atoms with Gasteiger partial charge in [-0.05, 0) is 60.2 Å². The molecule has 35 heavy (non-hydrogen) atoms. The lowest BCUT2D eigenvalue weighted by Gasteiger charge is -2.14. The molecule has 7 heteroatoms. The second-order valence-electron chi connectivity index (χ2n) is 9.14. The van der Waals surface area contributed by atoms with Gasteiger partial charge in [-0.2, -0.15) is 5.10 Å². The van der Waals surface area contributed by atoms with E-state index in [0.717, 1.165) is 34.7 Å². The van der Waals surface area contributed by atoms with Crippen LogP contribution in [0, 0.1) is 5.82 Å². The first-order valence-corrected chi connectivity index (χ1v) is 11.7. The molecule has 0 unspecified atom stereocenters. The Kier molecular flexibility index (Phi) is 4.99. The molecule has 0 saturated heterocycles. The standard InChI is InChI=1S/C28H23FN4O2/c1-16(17-10-12-22(29)13-11-17)30-27(34)25-24(19-7-8-19)26-28(35)31-23(15-33(26)32-25)21-9-6-18-4-2-3-5-20(18)14-21/h2-6,9-16,19H,7-8H2,1H3,(H,30,34)(H,31,35)/t16-/m1/s1. The van der Waals surface area contributed by atoms with Crippen LogP contribution in [0.15, 0.2) is 77.7 Å². The zero-order chi connectivity index (χ0) is 24.1. The quantitative estimate of drug-likeness (QED) is 0.366. The monoisotopic (exact) mass is 466 g/mol. The zero-order valence-corrected chi connectivity index (χ0v) is 19.1. The highest BCUT2D eigenvalue weighted by atomic mass is 19.1. The van der Waals surface area contributed by atoms with Crippen LogP contribution >= 0.6 is 0 Å². The summed E-state index contributed by atoms with van der Waals surface area (Å²) in [5.41, 5.74) is 3.38. The molecular formula is C28H23FN4O2. The lowest BCUT2D eigenvalue weighted by Crippen LogP contribution is -2.27. The normalized spacial score (nSPS) is 14.3. The first-order valence-electron chi connectivity index (χ1n) is 11.7. The number of aromatic nitrogens is 3. The molecule has 1 fully saturated rings. The van der Waals surface area contributed by atoms with E-state index >= 15 is 0 Å². The molecule has 1 aliphatic rings. The smallest absolute Gasteiger partial charge is 0.274 e. The summed E-state index contributed by atoms with van der Waals surface area (Å²) >= 11 is 0. The molecule has 1 aliphatic carbocycles. The maximum atomic E-state index is 13.3. The van der Waals surface area contributed by atoms with E-state index in [-0.39, 0.29) is 34.9 Å². The van der Waals surface area contributed by atoms with Crippen LogP contribution in [-0.2, 0) is 0 Å². The van der Waals surface area contributed by atoms with Gasteiger partial charge in [0.25, 0.3) is 11.5 Å². The predicted molar refractivity (Wildman–Crippen MR) is 133 cm³/mol. The molecule has 0 aliphatic heterocycles. The van der Waals surface area contributed by atoms with Gasteiger partial charge in [-0.15, -0.1) is 0 Å². The topological polar surface area (TPSA) is 79.3 Å². The van der Waals surface area contributed by atoms with Gasteiger partial charge < -0.3 is 10.3 Å². The third kappa shape index (κ3) is 3.89. The minimum Gasteiger partial charge on any atom is -0.344 e. The Hall–Kier alpha value is -4.26. The summed E-state index contributed by atoms with van der Waals surface area (Å²) in [6.45, 7) is 1.84. The van der Waals surface area contributed by atoms with E-state index in [1.165, 1.54) is 16.6 Å². The summed E-state index contributed by atoms with van der Waals surface area (Å²) in [6.07, 6.45) is 3.61. The van der Waals surface area contributed by atoms with Gasteiger partial charge in [-0.3, -0.25) is 9.59 Å². The fourth-order valence-electron chi connectivity index (χ4n) is 4.63. The third-order valence-corrected chi connectivity index (χ3v) is 6.64. The van der Waals surface area contributed by atoms with E-state index in [1.54, 1.807) is 18.3 Å². The molecule has 0 radical (unpaired) electrons. The van der Waals surface area contributed by atoms with Gasteiger partial charge in [0, 0.05) is 11.1 Å². The molecule has 174 valence electrons. The molecule has 3 aromatic carbocycles. The Morgan fingerprint density at radius 3 is 2.57 bits per heavy atom. The second-order valence-corrected chi connectivity index (χ2v) is 9.14. The molecule has 1 amide bonds. The lowest BCUT2D eigenvalue weighted by molar-refractivity contribution is 0.0933. The first-order chi connectivity index (χ1) is 17.0. The summed E-state index contributed by atoms with van der Waals surface area (Å²) < 4.78 is 14.8. The van der Waals surface area contributed by atoms with Crippen molar-refractivity contribution in [2.45, 2.75) is 31.7 Å². The van der Waals surface area contributed by atoms with Crippen LogP contribution in [0.1, 0.15) is 53.3 Å². The molecule has 1 atom stereocenters. The average Bonchev–Trinajstić information content (AvgIpc) is 3.63. The number of amides is 1. The minimum absolute atomic E-state index is 0.141. The number of carbonyl (C=O) groups is 1. The Labute approximate surface area is 200 Å². The number of hydrogen-bond acceptors (Lipinski definition) is 3. The van der Waals surface area contributed by atoms with Crippen molar-refractivity contribution in [2.75, 3.05) is 0 Å². The van der Waals surface area contributed by atoms with Gasteiger partial charge >= 0.3 is 0 Å². The Morgan fingerprint density at radius 1 is 1.09 bits per heavy atom. The lowest BCUT2D eigenvalue weighted by atomic mass is 10.0. The number of rotatable bonds is 5. The molecule has 6 nitrogen and oxygen atoms in total. The molecule has 0 bridgehead atoms. The number of hydrogen-bond donors (Lipinski definition) is 2. The van der Waals surface area contributed by atoms with E-state index in [9.17, 15) is 14.0 Å². The van der Waals surface area contributed by atoms with Gasteiger partial charge in [-0.25, -0.2) is 8.91 Å². The number of nitrogens with one attached hydrogen (secondary N) is 2. The number of H-pyrrole nitrogens is 1. The molecule has 2 N–H and O–H groups in total. The molecule has 5 aromatic rings. The van der Waals surface area contributed by atoms with Crippen LogP contribution in [0.2, 0.25) is 0 Å². The number of carbonyl (C=O) groups excluding carboxylic acids is 1. The molecule has 2 aromatic heterocycles. The van der Waals surface area contributed by atoms with Crippen LogP contribution < -0.4 is 10.9 Å². The van der Waals surface area contributed by atoms with Crippen molar-refractivity contribution < 1.29 is 9.18 Å². The van der Waals surface area contributed by atoms with Crippen molar-refractivity contribution in [3.05, 3.63) is 106 Å². The number of fused-ring (bicyclic) bond motifs is 2. The SMILES string of the molecule is C[C@@H](NC(=O)c1nn2cc(-c3ccc4ccccc4c3)[nH]c(=O)c2c1C1CC1)c1ccc(F)cc1. The summed E-state index contributed by atoms with van der Waals surface area (Å²) in [7, 11) is 0. The van der Waals surface area contributed by atoms with Crippen LogP contribution in [0.4, 0.5) is 4.39 Å². The van der Waals surface area contributed by atoms with Crippen molar-refractivity contribution in [1.29, 1.82) is 0 Å². The maximum absolute atomic E-state index is 13.3. The van der Waals surface area contributed by atoms with E-state index in [1.807, 2.05) is 49.4 Å². The van der Waals surface area contributed by atoms with Crippen LogP contribution in [0.25, 0.3) is 27.5 Å². The van der Waals surface area contributed by atoms with E-state index in [2.05, 4.69) is 15.4 Å². The number of nitrogens with zero attached hydrogens (tertiary/aromatic N) is 2. The van der Waals surface area contributed by atoms with Crippen molar-refractivity contribution in [3.8, 4) is 11.3 Å². The predicted octanol–water partition coefficient (Wildman–Crippen LogP) is 5.35. The molecule has 0 spiro atoms. The van der Waals surface area contributed by atoms with Crippen LogP contribution in [0.3, 0.4) is 0 Å². The van der Waals surface area contributed by atoms with Gasteiger partial charge in [-0.1, -0.05) is 48.5 Å². The molecular weight excluding hydrogens is 443 g/mol. The Balaban J connectivity index is 1.40. The van der Waals surface area contributed by atoms with E-state index in [4.69, 9.17) is 0 Å². The van der Waals surface area contributed by atoms with Crippen molar-refractivity contribution >= 4 is 22.2 Å². The number of halogens is 1. The summed E-state index contributed by atoms with van der Waals surface area (Å²) in [4.78, 5) is 29.5. The highest BCUT2D eigenvalue weighted by Crippen LogP contribution is 2.43. The summed E-state index contributed by atoms with van der Waals surface area (Å²) in [6, 6.07) is 19.7. The fraction of sp³-hybridized carbons (Fsp3) is 0.179. The molecule has 2 heterocycles. The van der Waals surface area contributed by atoms with Crippen LogP contribution in [0.5, 0.6) is 0 Å². The van der Waals surface area contributed by atoms with E-state index in [0.29, 0.717) is 16.8 Å². The Bertz CT molecular complexity index is 1650. The van der Waals surface area contributed by atoms with Crippen LogP contribution in [-0.4, -0.2) is 20.5 Å². The average molecular weight is 467 g/mol. The highest BCUT2D eigenvalue weighted by Gasteiger charge is 2.34. The molecule has 1 saturated carbocycles. The molecule has 6 rings (SSSR count). The minimum atomic E-state index is -0.348. The highest BCUT2D eigenvalue weighted by molar-refractivity contribution is 5.96. The van der Waals surface area contributed by atoms with Crippen molar-refractivity contribution in [1.82, 2.24) is 19.9 Å². The fourth-order valence-corrected chi connectivity index (χ4v) is 4.63. The number of aromatic amines is 1. The van der Waals surface area contributed by atoms with Gasteiger partial charge in [0.2, 0.25) is 0 Å². The van der Waals surface area contributed by atoms with Gasteiger partial charge in [0.15, 0.2) is 5.69 Å². The maximum Gasteiger partial charge on any atom is 0.274 e. The summed E-state index contributed by atoms with van der Waals surface area (Å²) in [5, 5.41) is 9.71. The first kappa shape index (κ1) is 21.3. The number of benzene rings is 3. The van der Waals surface area contributed by atoms with Gasteiger partial charge in [0.1, 0.15) is 11.3 Å². The van der Waals surface area contributed by atoms with E-state index < -0.39 is 0 Å². The van der Waals surface area contributed by atoms with Crippen molar-refractivity contribution in [3.63, 3.8) is 0 Å². The summed E-state index contributed by atoms with van der Waals surface area (Å²) in [5.74, 6) is -0.536. The van der Waals surface area contributed by atoms with Gasteiger partial charge in [0.05, 0.1) is 17.9 Å². The Morgan fingerprint density at radius 2 is 1.83 bits per heavy atom. The second kappa shape index (κ2) is 8.20. The van der Waals surface area contributed by atoms with Crippen molar-refractivity contribution in [2.24, 2.45) is 0 Å². The zero-order valence-electron chi connectivity index (χ0n) is 19.1. The third-order valence-electron chi connectivity index (χ3n) is 6.64.